The van der Waals surface area contributed by atoms with E-state index in [0.717, 1.165) is 25.9 Å². The van der Waals surface area contributed by atoms with Crippen molar-refractivity contribution < 1.29 is 20.1 Å². The summed E-state index contributed by atoms with van der Waals surface area (Å²) in [6, 6.07) is 0. The molecule has 0 aromatic carbocycles. The molecular formula is C9H15NO4. The van der Waals surface area contributed by atoms with Gasteiger partial charge in [0, 0.05) is 6.54 Å². The Bertz CT molecular complexity index is 249. The topological polar surface area (TPSA) is 81.0 Å². The molecule has 3 aliphatic rings. The van der Waals surface area contributed by atoms with Crippen LogP contribution < -0.4 is 0 Å². The van der Waals surface area contributed by atoms with Crippen molar-refractivity contribution in [2.24, 2.45) is 5.92 Å². The van der Waals surface area contributed by atoms with E-state index in [4.69, 9.17) is 5.11 Å². The lowest BCUT2D eigenvalue weighted by Gasteiger charge is -2.51. The quantitative estimate of drug-likeness (QED) is 0.528. The molecule has 3 fully saturated rings. The highest BCUT2D eigenvalue weighted by molar-refractivity contribution is 5.73. The van der Waals surface area contributed by atoms with Crippen LogP contribution in [-0.4, -0.2) is 57.5 Å². The number of aliphatic hydroxyl groups is 2. The van der Waals surface area contributed by atoms with Crippen LogP contribution in [0.25, 0.3) is 0 Å². The number of hydrogen-bond donors (Lipinski definition) is 3. The number of piperidine rings is 3. The van der Waals surface area contributed by atoms with Crippen molar-refractivity contribution in [1.29, 1.82) is 0 Å². The Labute approximate surface area is 82.0 Å². The van der Waals surface area contributed by atoms with Crippen LogP contribution in [0.2, 0.25) is 0 Å². The van der Waals surface area contributed by atoms with Gasteiger partial charge in [-0.3, -0.25) is 0 Å². The fourth-order valence-corrected chi connectivity index (χ4v) is 2.60. The van der Waals surface area contributed by atoms with E-state index in [0.29, 0.717) is 0 Å². The number of hydrogen-bond acceptors (Lipinski definition) is 4. The molecule has 0 radical (unpaired) electrons. The first-order valence-corrected chi connectivity index (χ1v) is 4.89. The zero-order valence-corrected chi connectivity index (χ0v) is 7.89. The lowest BCUT2D eigenvalue weighted by Crippen LogP contribution is -2.66. The first-order valence-electron chi connectivity index (χ1n) is 4.89. The standard InChI is InChI=1S/C9H15NO4/c11-7(8(12)13)9(14)5-10-3-1-6(9)2-4-10/h6-7,11,14H,1-5H2,(H,12,13). The monoisotopic (exact) mass is 201 g/mol. The van der Waals surface area contributed by atoms with Crippen LogP contribution in [0.1, 0.15) is 12.8 Å². The third-order valence-corrected chi connectivity index (χ3v) is 3.48. The second kappa shape index (κ2) is 3.18. The predicted molar refractivity (Wildman–Crippen MR) is 47.8 cm³/mol. The molecule has 0 aromatic rings. The minimum absolute atomic E-state index is 0.0707. The molecule has 2 atom stereocenters. The van der Waals surface area contributed by atoms with Crippen LogP contribution in [0, 0.1) is 5.92 Å². The maximum atomic E-state index is 10.7. The summed E-state index contributed by atoms with van der Waals surface area (Å²) in [4.78, 5) is 12.7. The Kier molecular flexibility index (Phi) is 2.25. The largest absolute Gasteiger partial charge is 0.479 e. The number of carboxylic acid groups (broad SMARTS) is 1. The average molecular weight is 201 g/mol. The lowest BCUT2D eigenvalue weighted by atomic mass is 9.72. The van der Waals surface area contributed by atoms with Gasteiger partial charge < -0.3 is 20.2 Å². The third kappa shape index (κ3) is 1.32. The van der Waals surface area contributed by atoms with Crippen molar-refractivity contribution in [3.8, 4) is 0 Å². The highest BCUT2D eigenvalue weighted by atomic mass is 16.4. The van der Waals surface area contributed by atoms with Gasteiger partial charge in [-0.25, -0.2) is 4.79 Å². The fourth-order valence-electron chi connectivity index (χ4n) is 2.60. The molecule has 2 bridgehead atoms. The second-order valence-corrected chi connectivity index (χ2v) is 4.28. The number of aliphatic hydroxyl groups excluding tert-OH is 1. The summed E-state index contributed by atoms with van der Waals surface area (Å²) in [6.07, 6.45) is -0.0996. The van der Waals surface area contributed by atoms with Gasteiger partial charge in [0.25, 0.3) is 0 Å². The highest BCUT2D eigenvalue weighted by Crippen LogP contribution is 2.37. The van der Waals surface area contributed by atoms with E-state index in [1.165, 1.54) is 0 Å². The molecule has 3 N–H and O–H groups in total. The predicted octanol–water partition coefficient (Wildman–Crippen LogP) is -1.11. The number of aliphatic carboxylic acids is 1. The molecule has 0 aliphatic carbocycles. The van der Waals surface area contributed by atoms with Crippen LogP contribution in [0.4, 0.5) is 0 Å². The molecule has 14 heavy (non-hydrogen) atoms. The SMILES string of the molecule is O=C(O)C(O)C1(O)CN2CCC1CC2. The van der Waals surface area contributed by atoms with E-state index < -0.39 is 17.7 Å². The van der Waals surface area contributed by atoms with Crippen LogP contribution >= 0.6 is 0 Å². The van der Waals surface area contributed by atoms with Crippen molar-refractivity contribution in [1.82, 2.24) is 4.90 Å². The summed E-state index contributed by atoms with van der Waals surface area (Å²) in [5, 5.41) is 28.3. The van der Waals surface area contributed by atoms with E-state index in [1.807, 2.05) is 4.90 Å². The summed E-state index contributed by atoms with van der Waals surface area (Å²) >= 11 is 0. The molecular weight excluding hydrogens is 186 g/mol. The number of fused-ring (bicyclic) bond motifs is 3. The van der Waals surface area contributed by atoms with E-state index in [2.05, 4.69) is 0 Å². The summed E-state index contributed by atoms with van der Waals surface area (Å²) in [5.74, 6) is -1.40. The normalized spacial score (nSPS) is 43.6. The van der Waals surface area contributed by atoms with Gasteiger partial charge in [-0.05, 0) is 31.8 Å². The minimum Gasteiger partial charge on any atom is -0.479 e. The number of rotatable bonds is 2. The third-order valence-electron chi connectivity index (χ3n) is 3.48. The van der Waals surface area contributed by atoms with Crippen LogP contribution in [0.3, 0.4) is 0 Å². The first-order chi connectivity index (χ1) is 6.54. The molecule has 0 aromatic heterocycles. The van der Waals surface area contributed by atoms with E-state index in [1.54, 1.807) is 0 Å². The van der Waals surface area contributed by atoms with Gasteiger partial charge in [0.15, 0.2) is 6.10 Å². The second-order valence-electron chi connectivity index (χ2n) is 4.28. The summed E-state index contributed by atoms with van der Waals surface area (Å²) < 4.78 is 0. The molecule has 5 heteroatoms. The maximum absolute atomic E-state index is 10.7. The molecule has 5 nitrogen and oxygen atoms in total. The highest BCUT2D eigenvalue weighted by Gasteiger charge is 2.52. The Hall–Kier alpha value is -0.650. The van der Waals surface area contributed by atoms with Gasteiger partial charge in [0.2, 0.25) is 0 Å². The van der Waals surface area contributed by atoms with Gasteiger partial charge >= 0.3 is 5.97 Å². The van der Waals surface area contributed by atoms with Crippen molar-refractivity contribution in [2.75, 3.05) is 19.6 Å². The Morgan fingerprint density at radius 1 is 1.43 bits per heavy atom. The molecule has 3 aliphatic heterocycles. The Morgan fingerprint density at radius 2 is 2.00 bits per heavy atom. The zero-order valence-electron chi connectivity index (χ0n) is 7.89. The summed E-state index contributed by atoms with van der Waals surface area (Å²) in [7, 11) is 0. The average Bonchev–Trinajstić information content (AvgIpc) is 2.18. The van der Waals surface area contributed by atoms with Crippen molar-refractivity contribution in [3.05, 3.63) is 0 Å². The molecule has 0 amide bonds. The first kappa shape index (κ1) is 9.89. The molecule has 80 valence electrons. The van der Waals surface area contributed by atoms with Crippen LogP contribution in [-0.2, 0) is 4.79 Å². The Balaban J connectivity index is 2.19. The van der Waals surface area contributed by atoms with Gasteiger partial charge in [0.05, 0.1) is 0 Å². The smallest absolute Gasteiger partial charge is 0.335 e. The summed E-state index contributed by atoms with van der Waals surface area (Å²) in [5.41, 5.74) is -1.44. The van der Waals surface area contributed by atoms with E-state index in [9.17, 15) is 15.0 Å². The molecule has 3 saturated heterocycles. The van der Waals surface area contributed by atoms with E-state index >= 15 is 0 Å². The number of carbonyl (C=O) groups is 1. The Morgan fingerprint density at radius 3 is 2.36 bits per heavy atom. The van der Waals surface area contributed by atoms with Gasteiger partial charge in [0.1, 0.15) is 5.60 Å². The van der Waals surface area contributed by atoms with Crippen LogP contribution in [0.15, 0.2) is 0 Å². The van der Waals surface area contributed by atoms with E-state index in [-0.39, 0.29) is 12.5 Å². The minimum atomic E-state index is -1.66. The summed E-state index contributed by atoms with van der Waals surface area (Å²) in [6.45, 7) is 2.09. The van der Waals surface area contributed by atoms with Crippen molar-refractivity contribution in [2.45, 2.75) is 24.5 Å². The van der Waals surface area contributed by atoms with Gasteiger partial charge in [-0.1, -0.05) is 0 Å². The van der Waals surface area contributed by atoms with Gasteiger partial charge in [-0.15, -0.1) is 0 Å². The van der Waals surface area contributed by atoms with Crippen LogP contribution in [0.5, 0.6) is 0 Å². The van der Waals surface area contributed by atoms with Crippen molar-refractivity contribution in [3.63, 3.8) is 0 Å². The van der Waals surface area contributed by atoms with Crippen molar-refractivity contribution >= 4 is 5.97 Å². The molecule has 2 unspecified atom stereocenters. The molecule has 3 rings (SSSR count). The molecule has 0 saturated carbocycles. The maximum Gasteiger partial charge on any atom is 0.335 e. The number of carboxylic acids is 1. The number of nitrogens with zero attached hydrogens (tertiary/aromatic N) is 1. The zero-order chi connectivity index (χ0) is 10.3. The molecule has 3 heterocycles. The molecule has 0 spiro atoms. The lowest BCUT2D eigenvalue weighted by molar-refractivity contribution is -0.192. The fraction of sp³-hybridized carbons (Fsp3) is 0.889. The van der Waals surface area contributed by atoms with Gasteiger partial charge in [-0.2, -0.15) is 0 Å².